The minimum absolute atomic E-state index is 0. The van der Waals surface area contributed by atoms with Crippen LogP contribution in [-0.2, 0) is 25.0 Å². The molecule has 0 aliphatic rings. The summed E-state index contributed by atoms with van der Waals surface area (Å²) < 4.78 is 0. The fourth-order valence-corrected chi connectivity index (χ4v) is 0.845. The van der Waals surface area contributed by atoms with Crippen molar-refractivity contribution in [3.8, 4) is 0 Å². The van der Waals surface area contributed by atoms with E-state index in [1.807, 2.05) is 30.3 Å². The van der Waals surface area contributed by atoms with Gasteiger partial charge in [0.25, 0.3) is 0 Å². The summed E-state index contributed by atoms with van der Waals surface area (Å²) >= 11 is 0. The normalized spacial score (nSPS) is 8.82. The molecule has 2 nitrogen and oxygen atoms in total. The van der Waals surface area contributed by atoms with E-state index < -0.39 is 0 Å². The van der Waals surface area contributed by atoms with Gasteiger partial charge in [0.2, 0.25) is 0 Å². The first kappa shape index (κ1) is 10.7. The zero-order valence-electron chi connectivity index (χ0n) is 6.20. The number of nitrogens with one attached hydrogen (secondary N) is 1. The molecule has 1 aromatic rings. The topological polar surface area (TPSA) is 32.3 Å². The molecule has 0 aromatic heterocycles. The van der Waals surface area contributed by atoms with Gasteiger partial charge in [0, 0.05) is 25.1 Å². The van der Waals surface area contributed by atoms with Crippen LogP contribution in [0.4, 0.5) is 0 Å². The quantitative estimate of drug-likeness (QED) is 0.698. The largest absolute Gasteiger partial charge is 0.317 e. The molecule has 1 radical (unpaired) electrons. The van der Waals surface area contributed by atoms with Gasteiger partial charge in [-0.3, -0.25) is 0 Å². The Morgan fingerprint density at radius 1 is 1.18 bits per heavy atom. The Morgan fingerprint density at radius 2 is 1.82 bits per heavy atom. The van der Waals surface area contributed by atoms with Gasteiger partial charge in [-0.05, 0) is 12.0 Å². The van der Waals surface area contributed by atoms with E-state index in [0.29, 0.717) is 6.54 Å². The van der Waals surface area contributed by atoms with Crippen molar-refractivity contribution in [2.75, 3.05) is 6.54 Å². The molecule has 1 aromatic carbocycles. The van der Waals surface area contributed by atoms with Gasteiger partial charge in [-0.1, -0.05) is 30.3 Å². The van der Waals surface area contributed by atoms with Crippen molar-refractivity contribution < 1.29 is 23.8 Å². The van der Waals surface area contributed by atoms with Crippen LogP contribution in [0.3, 0.4) is 0 Å². The van der Waals surface area contributed by atoms with Gasteiger partial charge in [-0.25, -0.2) is 5.48 Å². The molecule has 0 atom stereocenters. The van der Waals surface area contributed by atoms with Crippen molar-refractivity contribution in [2.45, 2.75) is 6.42 Å². The third-order valence-electron chi connectivity index (χ3n) is 1.37. The monoisotopic (exact) mass is 188 g/mol. The van der Waals surface area contributed by atoms with Crippen LogP contribution in [0, 0.1) is 0 Å². The van der Waals surface area contributed by atoms with Gasteiger partial charge >= 0.3 is 0 Å². The maximum atomic E-state index is 8.28. The molecule has 0 saturated carbocycles. The summed E-state index contributed by atoms with van der Waals surface area (Å²) in [6.45, 7) is 0.615. The van der Waals surface area contributed by atoms with E-state index in [-0.39, 0.29) is 18.6 Å². The number of hydrogen-bond acceptors (Lipinski definition) is 2. The molecular formula is C8H11NOV. The second-order valence-electron chi connectivity index (χ2n) is 2.14. The molecule has 0 bridgehead atoms. The number of hydrogen-bond donors (Lipinski definition) is 2. The van der Waals surface area contributed by atoms with Gasteiger partial charge in [0.05, 0.1) is 0 Å². The van der Waals surface area contributed by atoms with Crippen LogP contribution in [0.2, 0.25) is 0 Å². The molecule has 2 N–H and O–H groups in total. The maximum Gasteiger partial charge on any atom is 0.0247 e. The molecule has 0 heterocycles. The Morgan fingerprint density at radius 3 is 2.36 bits per heavy atom. The average molecular weight is 188 g/mol. The van der Waals surface area contributed by atoms with E-state index in [1.165, 1.54) is 5.56 Å². The van der Waals surface area contributed by atoms with Crippen molar-refractivity contribution in [1.82, 2.24) is 5.48 Å². The first-order valence-electron chi connectivity index (χ1n) is 3.34. The van der Waals surface area contributed by atoms with Crippen LogP contribution in [-0.4, -0.2) is 11.8 Å². The second kappa shape index (κ2) is 6.44. The maximum absolute atomic E-state index is 8.28. The summed E-state index contributed by atoms with van der Waals surface area (Å²) in [6.07, 6.45) is 0.872. The molecule has 0 saturated heterocycles. The van der Waals surface area contributed by atoms with Crippen LogP contribution in [0.15, 0.2) is 30.3 Å². The van der Waals surface area contributed by atoms with Gasteiger partial charge in [-0.15, -0.1) is 0 Å². The summed E-state index contributed by atoms with van der Waals surface area (Å²) in [5.41, 5.74) is 3.36. The summed E-state index contributed by atoms with van der Waals surface area (Å²) in [6, 6.07) is 10.0. The van der Waals surface area contributed by atoms with Gasteiger partial charge in [0.1, 0.15) is 0 Å². The van der Waals surface area contributed by atoms with Crippen molar-refractivity contribution in [2.24, 2.45) is 0 Å². The predicted octanol–water partition coefficient (Wildman–Crippen LogP) is 1.21. The van der Waals surface area contributed by atoms with Crippen molar-refractivity contribution in [1.29, 1.82) is 0 Å². The van der Waals surface area contributed by atoms with Gasteiger partial charge < -0.3 is 5.21 Å². The minimum Gasteiger partial charge on any atom is -0.317 e. The molecule has 0 amide bonds. The van der Waals surface area contributed by atoms with Crippen LogP contribution in [0.25, 0.3) is 0 Å². The average Bonchev–Trinajstić information content (AvgIpc) is 2.03. The molecule has 59 valence electrons. The van der Waals surface area contributed by atoms with Crippen molar-refractivity contribution >= 4 is 0 Å². The van der Waals surface area contributed by atoms with Crippen LogP contribution in [0.1, 0.15) is 5.56 Å². The predicted molar refractivity (Wildman–Crippen MR) is 39.9 cm³/mol. The van der Waals surface area contributed by atoms with E-state index in [1.54, 1.807) is 0 Å². The molecule has 0 unspecified atom stereocenters. The van der Waals surface area contributed by atoms with Crippen LogP contribution >= 0.6 is 0 Å². The smallest absolute Gasteiger partial charge is 0.0247 e. The SMILES string of the molecule is ONCCc1ccccc1.[V]. The molecule has 1 rings (SSSR count). The molecule has 11 heavy (non-hydrogen) atoms. The Bertz CT molecular complexity index is 179. The molecule has 0 aliphatic carbocycles. The molecule has 0 aliphatic heterocycles. The first-order chi connectivity index (χ1) is 4.93. The Balaban J connectivity index is 0.000001000. The van der Waals surface area contributed by atoms with Gasteiger partial charge in [0.15, 0.2) is 0 Å². The van der Waals surface area contributed by atoms with Crippen molar-refractivity contribution in [3.63, 3.8) is 0 Å². The second-order valence-corrected chi connectivity index (χ2v) is 2.14. The fraction of sp³-hybridized carbons (Fsp3) is 0.250. The van der Waals surface area contributed by atoms with Crippen LogP contribution in [0.5, 0.6) is 0 Å². The molecular weight excluding hydrogens is 177 g/mol. The standard InChI is InChI=1S/C8H11NO.V/c10-9-7-6-8-4-2-1-3-5-8;/h1-5,9-10H,6-7H2;. The summed E-state index contributed by atoms with van der Waals surface area (Å²) in [5, 5.41) is 8.28. The Labute approximate surface area is 78.5 Å². The van der Waals surface area contributed by atoms with Crippen LogP contribution < -0.4 is 5.48 Å². The summed E-state index contributed by atoms with van der Waals surface area (Å²) in [4.78, 5) is 0. The zero-order chi connectivity index (χ0) is 7.23. The minimum atomic E-state index is 0. The zero-order valence-corrected chi connectivity index (χ0v) is 7.59. The fourth-order valence-electron chi connectivity index (χ4n) is 0.845. The Hall–Kier alpha value is -0.276. The van der Waals surface area contributed by atoms with E-state index in [2.05, 4.69) is 5.48 Å². The molecule has 3 heteroatoms. The van der Waals surface area contributed by atoms with Crippen molar-refractivity contribution in [3.05, 3.63) is 35.9 Å². The Kier molecular flexibility index (Phi) is 6.27. The van der Waals surface area contributed by atoms with E-state index in [0.717, 1.165) is 6.42 Å². The number of hydroxylamine groups is 1. The molecule has 0 fully saturated rings. The third-order valence-corrected chi connectivity index (χ3v) is 1.37. The summed E-state index contributed by atoms with van der Waals surface area (Å²) in [5.74, 6) is 0. The number of rotatable bonds is 3. The van der Waals surface area contributed by atoms with E-state index in [4.69, 9.17) is 5.21 Å². The third kappa shape index (κ3) is 4.22. The van der Waals surface area contributed by atoms with E-state index in [9.17, 15) is 0 Å². The van der Waals surface area contributed by atoms with E-state index >= 15 is 0 Å². The molecule has 0 spiro atoms. The first-order valence-corrected chi connectivity index (χ1v) is 3.34. The van der Waals surface area contributed by atoms with Gasteiger partial charge in [-0.2, -0.15) is 0 Å². The number of benzene rings is 1. The summed E-state index contributed by atoms with van der Waals surface area (Å²) in [7, 11) is 0.